The topological polar surface area (TPSA) is 39.8 Å². The smallest absolute Gasteiger partial charge is 0.00378 e. The molecule has 0 unspecified atom stereocenters. The van der Waals surface area contributed by atoms with E-state index in [4.69, 9.17) is 0 Å². The third kappa shape index (κ3) is 3.68. The molecule has 84 valence electrons. The Labute approximate surface area is 91.7 Å². The monoisotopic (exact) mass is 207 g/mol. The molecule has 1 aliphatic rings. The van der Waals surface area contributed by atoms with Crippen LogP contribution in [0.2, 0.25) is 0 Å². The maximum absolute atomic E-state index is 3.55. The van der Waals surface area contributed by atoms with Gasteiger partial charge in [0.15, 0.2) is 0 Å². The molecule has 3 N–H and O–H groups in total. The van der Waals surface area contributed by atoms with Crippen molar-refractivity contribution in [1.29, 1.82) is 0 Å². The Balaban J connectivity index is 1.54. The van der Waals surface area contributed by atoms with Crippen LogP contribution in [0.1, 0.15) is 18.4 Å². The van der Waals surface area contributed by atoms with Gasteiger partial charge in [0, 0.05) is 12.4 Å². The summed E-state index contributed by atoms with van der Waals surface area (Å²) in [6.45, 7) is 4.68. The van der Waals surface area contributed by atoms with E-state index in [1.165, 1.54) is 38.0 Å². The lowest BCUT2D eigenvalue weighted by Gasteiger charge is -2.22. The summed E-state index contributed by atoms with van der Waals surface area (Å²) >= 11 is 0. The number of hydrogen-bond donors (Lipinski definition) is 3. The molecule has 1 aromatic rings. The van der Waals surface area contributed by atoms with Crippen molar-refractivity contribution in [3.8, 4) is 0 Å². The fraction of sp³-hybridized carbons (Fsp3) is 0.667. The molecular weight excluding hydrogens is 186 g/mol. The van der Waals surface area contributed by atoms with Crippen LogP contribution in [-0.4, -0.2) is 31.2 Å². The highest BCUT2D eigenvalue weighted by Gasteiger charge is 2.11. The maximum atomic E-state index is 3.55. The van der Waals surface area contributed by atoms with Crippen LogP contribution in [0.4, 0.5) is 0 Å². The first-order chi connectivity index (χ1) is 7.45. The van der Waals surface area contributed by atoms with Gasteiger partial charge in [0.05, 0.1) is 0 Å². The molecule has 0 amide bonds. The molecule has 1 fully saturated rings. The van der Waals surface area contributed by atoms with E-state index in [1.807, 2.05) is 6.20 Å². The number of aromatic amines is 1. The molecule has 3 heteroatoms. The molecule has 0 spiro atoms. The summed E-state index contributed by atoms with van der Waals surface area (Å²) in [6.07, 6.45) is 7.86. The van der Waals surface area contributed by atoms with Crippen LogP contribution in [0.15, 0.2) is 18.5 Å². The largest absolute Gasteiger partial charge is 0.367 e. The van der Waals surface area contributed by atoms with Gasteiger partial charge in [0.25, 0.3) is 0 Å². The van der Waals surface area contributed by atoms with Crippen LogP contribution in [0.5, 0.6) is 0 Å². The number of H-pyrrole nitrogens is 1. The van der Waals surface area contributed by atoms with Gasteiger partial charge >= 0.3 is 0 Å². The Kier molecular flexibility index (Phi) is 4.23. The van der Waals surface area contributed by atoms with E-state index < -0.39 is 0 Å². The Hall–Kier alpha value is -0.800. The highest BCUT2D eigenvalue weighted by atomic mass is 14.9. The second-order valence-electron chi connectivity index (χ2n) is 4.37. The molecule has 2 rings (SSSR count). The number of aromatic nitrogens is 1. The fourth-order valence-electron chi connectivity index (χ4n) is 2.14. The highest BCUT2D eigenvalue weighted by molar-refractivity contribution is 5.08. The quantitative estimate of drug-likeness (QED) is 0.634. The van der Waals surface area contributed by atoms with Crippen LogP contribution in [0.3, 0.4) is 0 Å². The van der Waals surface area contributed by atoms with E-state index in [0.29, 0.717) is 0 Å². The standard InChI is InChI=1S/C12H21N3/c1-5-13-6-2-11(1)9-14-7-3-12-4-8-15-10-12/h4,8,10-11,13-15H,1-3,5-7,9H2. The lowest BCUT2D eigenvalue weighted by Crippen LogP contribution is -2.34. The van der Waals surface area contributed by atoms with Crippen LogP contribution >= 0.6 is 0 Å². The fourth-order valence-corrected chi connectivity index (χ4v) is 2.14. The number of rotatable bonds is 5. The molecule has 0 atom stereocenters. The number of piperidine rings is 1. The summed E-state index contributed by atoms with van der Waals surface area (Å²) in [5.41, 5.74) is 1.40. The molecule has 1 saturated heterocycles. The van der Waals surface area contributed by atoms with Gasteiger partial charge in [-0.15, -0.1) is 0 Å². The van der Waals surface area contributed by atoms with Gasteiger partial charge in [-0.1, -0.05) is 0 Å². The molecule has 0 aromatic carbocycles. The first-order valence-electron chi connectivity index (χ1n) is 5.98. The molecular formula is C12H21N3. The first-order valence-corrected chi connectivity index (χ1v) is 5.98. The van der Waals surface area contributed by atoms with Crippen LogP contribution in [0.25, 0.3) is 0 Å². The Morgan fingerprint density at radius 1 is 1.33 bits per heavy atom. The molecule has 1 aliphatic heterocycles. The first kappa shape index (κ1) is 10.7. The minimum absolute atomic E-state index is 0.887. The van der Waals surface area contributed by atoms with E-state index in [-0.39, 0.29) is 0 Å². The summed E-state index contributed by atoms with van der Waals surface area (Å²) in [6, 6.07) is 2.15. The molecule has 0 aliphatic carbocycles. The second kappa shape index (κ2) is 5.93. The Bertz CT molecular complexity index is 250. The molecule has 2 heterocycles. The number of nitrogens with one attached hydrogen (secondary N) is 3. The molecule has 0 saturated carbocycles. The third-order valence-electron chi connectivity index (χ3n) is 3.14. The van der Waals surface area contributed by atoms with Crippen molar-refractivity contribution in [2.45, 2.75) is 19.3 Å². The van der Waals surface area contributed by atoms with E-state index in [2.05, 4.69) is 27.9 Å². The molecule has 0 bridgehead atoms. The van der Waals surface area contributed by atoms with Crippen molar-refractivity contribution in [3.63, 3.8) is 0 Å². The predicted molar refractivity (Wildman–Crippen MR) is 63.0 cm³/mol. The van der Waals surface area contributed by atoms with Gasteiger partial charge in [-0.25, -0.2) is 0 Å². The summed E-state index contributed by atoms with van der Waals surface area (Å²) < 4.78 is 0. The Morgan fingerprint density at radius 2 is 2.20 bits per heavy atom. The normalized spacial score (nSPS) is 18.1. The van der Waals surface area contributed by atoms with Gasteiger partial charge in [0.2, 0.25) is 0 Å². The second-order valence-corrected chi connectivity index (χ2v) is 4.37. The van der Waals surface area contributed by atoms with Crippen LogP contribution in [0, 0.1) is 5.92 Å². The lowest BCUT2D eigenvalue weighted by atomic mass is 9.98. The molecule has 0 radical (unpaired) electrons. The van der Waals surface area contributed by atoms with E-state index in [9.17, 15) is 0 Å². The zero-order chi connectivity index (χ0) is 10.3. The predicted octanol–water partition coefficient (Wildman–Crippen LogP) is 1.15. The minimum Gasteiger partial charge on any atom is -0.367 e. The third-order valence-corrected chi connectivity index (χ3v) is 3.14. The van der Waals surface area contributed by atoms with Crippen molar-refractivity contribution in [2.75, 3.05) is 26.2 Å². The van der Waals surface area contributed by atoms with Crippen molar-refractivity contribution in [1.82, 2.24) is 15.6 Å². The van der Waals surface area contributed by atoms with E-state index in [0.717, 1.165) is 18.9 Å². The minimum atomic E-state index is 0.887. The molecule has 15 heavy (non-hydrogen) atoms. The summed E-state index contributed by atoms with van der Waals surface area (Å²) in [4.78, 5) is 3.08. The summed E-state index contributed by atoms with van der Waals surface area (Å²) in [5.74, 6) is 0.887. The van der Waals surface area contributed by atoms with Crippen molar-refractivity contribution < 1.29 is 0 Å². The van der Waals surface area contributed by atoms with E-state index >= 15 is 0 Å². The lowest BCUT2D eigenvalue weighted by molar-refractivity contribution is 0.358. The highest BCUT2D eigenvalue weighted by Crippen LogP contribution is 2.09. The van der Waals surface area contributed by atoms with Gasteiger partial charge in [-0.3, -0.25) is 0 Å². The Morgan fingerprint density at radius 3 is 2.93 bits per heavy atom. The average Bonchev–Trinajstić information content (AvgIpc) is 2.79. The van der Waals surface area contributed by atoms with Gasteiger partial charge in [-0.05, 0) is 63.0 Å². The van der Waals surface area contributed by atoms with Crippen molar-refractivity contribution >= 4 is 0 Å². The summed E-state index contributed by atoms with van der Waals surface area (Å²) in [5, 5.41) is 6.95. The van der Waals surface area contributed by atoms with Crippen molar-refractivity contribution in [2.24, 2.45) is 5.92 Å². The van der Waals surface area contributed by atoms with Crippen LogP contribution < -0.4 is 10.6 Å². The summed E-state index contributed by atoms with van der Waals surface area (Å²) in [7, 11) is 0. The average molecular weight is 207 g/mol. The number of hydrogen-bond acceptors (Lipinski definition) is 2. The van der Waals surface area contributed by atoms with Gasteiger partial charge in [-0.2, -0.15) is 0 Å². The van der Waals surface area contributed by atoms with Crippen LogP contribution in [-0.2, 0) is 6.42 Å². The molecule has 1 aromatic heterocycles. The van der Waals surface area contributed by atoms with Crippen molar-refractivity contribution in [3.05, 3.63) is 24.0 Å². The SMILES string of the molecule is c1cc(CCNCC2CCNCC2)c[nH]1. The zero-order valence-electron chi connectivity index (χ0n) is 9.26. The molecule has 3 nitrogen and oxygen atoms in total. The zero-order valence-corrected chi connectivity index (χ0v) is 9.26. The van der Waals surface area contributed by atoms with Gasteiger partial charge < -0.3 is 15.6 Å². The maximum Gasteiger partial charge on any atom is 0.00378 e. The van der Waals surface area contributed by atoms with E-state index in [1.54, 1.807) is 0 Å². The van der Waals surface area contributed by atoms with Gasteiger partial charge in [0.1, 0.15) is 0 Å².